The van der Waals surface area contributed by atoms with Gasteiger partial charge in [-0.1, -0.05) is 11.6 Å². The molecule has 1 aromatic carbocycles. The molecular weight excluding hydrogens is 217 g/mol. The third kappa shape index (κ3) is 1.43. The van der Waals surface area contributed by atoms with Gasteiger partial charge in [0, 0.05) is 12.3 Å². The zero-order valence-corrected chi connectivity index (χ0v) is 9.07. The van der Waals surface area contributed by atoms with E-state index in [0.29, 0.717) is 11.2 Å². The van der Waals surface area contributed by atoms with Gasteiger partial charge in [-0.05, 0) is 24.6 Å². The predicted octanol–water partition coefficient (Wildman–Crippen LogP) is 3.47. The zero-order valence-electron chi connectivity index (χ0n) is 8.32. The highest BCUT2D eigenvalue weighted by atomic mass is 35.5. The highest BCUT2D eigenvalue weighted by Gasteiger charge is 2.14. The topological polar surface area (TPSA) is 32.9 Å². The van der Waals surface area contributed by atoms with Crippen molar-refractivity contribution in [2.75, 3.05) is 0 Å². The summed E-state index contributed by atoms with van der Waals surface area (Å²) < 4.78 is 13.2. The Morgan fingerprint density at radius 3 is 2.73 bits per heavy atom. The first-order chi connectivity index (χ1) is 7.02. The molecule has 4 heteroatoms. The van der Waals surface area contributed by atoms with Crippen molar-refractivity contribution in [1.29, 1.82) is 0 Å². The van der Waals surface area contributed by atoms with Crippen LogP contribution in [0.4, 0.5) is 4.39 Å². The van der Waals surface area contributed by atoms with E-state index in [9.17, 15) is 9.18 Å². The van der Waals surface area contributed by atoms with Crippen molar-refractivity contribution >= 4 is 28.3 Å². The highest BCUT2D eigenvalue weighted by Crippen LogP contribution is 2.29. The molecule has 0 amide bonds. The van der Waals surface area contributed by atoms with E-state index >= 15 is 0 Å². The minimum Gasteiger partial charge on any atom is -0.351 e. The van der Waals surface area contributed by atoms with E-state index in [2.05, 4.69) is 4.98 Å². The van der Waals surface area contributed by atoms with E-state index in [1.807, 2.05) is 6.92 Å². The number of carbonyl (C=O) groups excluding carboxylic acids is 1. The van der Waals surface area contributed by atoms with Crippen LogP contribution in [-0.4, -0.2) is 10.8 Å². The van der Waals surface area contributed by atoms with Crippen molar-refractivity contribution in [1.82, 2.24) is 4.98 Å². The van der Waals surface area contributed by atoms with Gasteiger partial charge >= 0.3 is 0 Å². The standard InChI is InChI=1S/C11H9ClFNO/c1-5-7-3-4-8(13)9(12)11(7)14-10(5)6(2)15/h3-4,14H,1-2H3. The molecule has 2 rings (SSSR count). The lowest BCUT2D eigenvalue weighted by atomic mass is 10.1. The molecule has 0 spiro atoms. The molecular formula is C11H9ClFNO. The summed E-state index contributed by atoms with van der Waals surface area (Å²) in [7, 11) is 0. The smallest absolute Gasteiger partial charge is 0.176 e. The average molecular weight is 226 g/mol. The van der Waals surface area contributed by atoms with Gasteiger partial charge in [-0.25, -0.2) is 4.39 Å². The number of rotatable bonds is 1. The minimum absolute atomic E-state index is 0.0306. The van der Waals surface area contributed by atoms with E-state index in [0.717, 1.165) is 10.9 Å². The Bertz CT molecular complexity index is 559. The first kappa shape index (κ1) is 10.2. The molecule has 78 valence electrons. The molecule has 2 nitrogen and oxygen atoms in total. The summed E-state index contributed by atoms with van der Waals surface area (Å²) in [5, 5.41) is 0.815. The number of aromatic amines is 1. The number of halogens is 2. The molecule has 0 aliphatic heterocycles. The monoisotopic (exact) mass is 225 g/mol. The molecule has 15 heavy (non-hydrogen) atoms. The van der Waals surface area contributed by atoms with E-state index in [-0.39, 0.29) is 10.8 Å². The van der Waals surface area contributed by atoms with Crippen LogP contribution in [0.25, 0.3) is 10.9 Å². The third-order valence-corrected chi connectivity index (χ3v) is 2.85. The summed E-state index contributed by atoms with van der Waals surface area (Å²) in [5.74, 6) is -0.569. The van der Waals surface area contributed by atoms with Crippen molar-refractivity contribution in [3.8, 4) is 0 Å². The first-order valence-corrected chi connectivity index (χ1v) is 4.87. The summed E-state index contributed by atoms with van der Waals surface area (Å²) in [6.45, 7) is 3.27. The van der Waals surface area contributed by atoms with Crippen LogP contribution in [0.3, 0.4) is 0 Å². The molecule has 0 saturated heterocycles. The van der Waals surface area contributed by atoms with Crippen LogP contribution in [0.1, 0.15) is 23.0 Å². The van der Waals surface area contributed by atoms with Gasteiger partial charge in [0.05, 0.1) is 11.2 Å². The molecule has 1 N–H and O–H groups in total. The van der Waals surface area contributed by atoms with Crippen molar-refractivity contribution in [3.63, 3.8) is 0 Å². The second kappa shape index (κ2) is 3.35. The largest absolute Gasteiger partial charge is 0.351 e. The number of fused-ring (bicyclic) bond motifs is 1. The summed E-state index contributed by atoms with van der Waals surface area (Å²) >= 11 is 5.80. The maximum Gasteiger partial charge on any atom is 0.176 e. The van der Waals surface area contributed by atoms with Gasteiger partial charge in [0.25, 0.3) is 0 Å². The molecule has 0 bridgehead atoms. The van der Waals surface area contributed by atoms with Crippen molar-refractivity contribution in [2.45, 2.75) is 13.8 Å². The molecule has 0 aliphatic rings. The maximum atomic E-state index is 13.2. The predicted molar refractivity (Wildman–Crippen MR) is 58.0 cm³/mol. The van der Waals surface area contributed by atoms with E-state index < -0.39 is 5.82 Å². The highest BCUT2D eigenvalue weighted by molar-refractivity contribution is 6.35. The third-order valence-electron chi connectivity index (χ3n) is 2.48. The Morgan fingerprint density at radius 1 is 1.47 bits per heavy atom. The molecule has 0 aliphatic carbocycles. The number of benzene rings is 1. The fraction of sp³-hybridized carbons (Fsp3) is 0.182. The lowest BCUT2D eigenvalue weighted by Crippen LogP contribution is -1.93. The van der Waals surface area contributed by atoms with Crippen molar-refractivity contribution < 1.29 is 9.18 Å². The summed E-state index contributed by atoms with van der Waals surface area (Å²) in [4.78, 5) is 14.1. The van der Waals surface area contributed by atoms with Crippen LogP contribution in [0.2, 0.25) is 5.02 Å². The fourth-order valence-electron chi connectivity index (χ4n) is 1.69. The number of nitrogens with one attached hydrogen (secondary N) is 1. The quantitative estimate of drug-likeness (QED) is 0.741. The van der Waals surface area contributed by atoms with Gasteiger partial charge in [0.1, 0.15) is 10.8 Å². The normalized spacial score (nSPS) is 10.9. The lowest BCUT2D eigenvalue weighted by molar-refractivity contribution is 0.101. The van der Waals surface area contributed by atoms with Gasteiger partial charge in [0.15, 0.2) is 5.78 Å². The van der Waals surface area contributed by atoms with Gasteiger partial charge in [-0.3, -0.25) is 4.79 Å². The number of ketones is 1. The zero-order chi connectivity index (χ0) is 11.2. The molecule has 0 fully saturated rings. The first-order valence-electron chi connectivity index (χ1n) is 4.49. The second-order valence-electron chi connectivity index (χ2n) is 3.47. The van der Waals surface area contributed by atoms with Crippen LogP contribution in [0.5, 0.6) is 0 Å². The Hall–Kier alpha value is -1.35. The number of aromatic nitrogens is 1. The number of carbonyl (C=O) groups is 1. The van der Waals surface area contributed by atoms with E-state index in [4.69, 9.17) is 11.6 Å². The maximum absolute atomic E-state index is 13.2. The molecule has 0 atom stereocenters. The number of H-pyrrole nitrogens is 1. The molecule has 0 radical (unpaired) electrons. The minimum atomic E-state index is -0.486. The molecule has 0 saturated carbocycles. The Balaban J connectivity index is 2.88. The number of Topliss-reactive ketones (excluding diaryl/α,β-unsaturated/α-hetero) is 1. The van der Waals surface area contributed by atoms with Crippen LogP contribution >= 0.6 is 11.6 Å². The van der Waals surface area contributed by atoms with E-state index in [1.54, 1.807) is 6.07 Å². The van der Waals surface area contributed by atoms with Crippen LogP contribution in [0.15, 0.2) is 12.1 Å². The van der Waals surface area contributed by atoms with Gasteiger partial charge in [0.2, 0.25) is 0 Å². The van der Waals surface area contributed by atoms with Crippen LogP contribution < -0.4 is 0 Å². The summed E-state index contributed by atoms with van der Waals surface area (Å²) in [5.41, 5.74) is 1.77. The van der Waals surface area contributed by atoms with Crippen LogP contribution in [0, 0.1) is 12.7 Å². The second-order valence-corrected chi connectivity index (χ2v) is 3.84. The SMILES string of the molecule is CC(=O)c1[nH]c2c(Cl)c(F)ccc2c1C. The van der Waals surface area contributed by atoms with Crippen molar-refractivity contribution in [3.05, 3.63) is 34.2 Å². The average Bonchev–Trinajstić information content (AvgIpc) is 2.51. The van der Waals surface area contributed by atoms with Gasteiger partial charge in [-0.15, -0.1) is 0 Å². The lowest BCUT2D eigenvalue weighted by Gasteiger charge is -1.95. The Labute approximate surface area is 91.0 Å². The Morgan fingerprint density at radius 2 is 2.13 bits per heavy atom. The Kier molecular flexibility index (Phi) is 2.27. The summed E-state index contributed by atoms with van der Waals surface area (Å²) in [6.07, 6.45) is 0. The van der Waals surface area contributed by atoms with Gasteiger partial charge < -0.3 is 4.98 Å². The summed E-state index contributed by atoms with van der Waals surface area (Å²) in [6, 6.07) is 2.92. The van der Waals surface area contributed by atoms with Crippen molar-refractivity contribution in [2.24, 2.45) is 0 Å². The van der Waals surface area contributed by atoms with Gasteiger partial charge in [-0.2, -0.15) is 0 Å². The molecule has 1 heterocycles. The number of hydrogen-bond acceptors (Lipinski definition) is 1. The molecule has 0 unspecified atom stereocenters. The molecule has 2 aromatic rings. The van der Waals surface area contributed by atoms with E-state index in [1.165, 1.54) is 13.0 Å². The number of hydrogen-bond donors (Lipinski definition) is 1. The fourth-order valence-corrected chi connectivity index (χ4v) is 1.90. The van der Waals surface area contributed by atoms with Crippen LogP contribution in [-0.2, 0) is 0 Å². The molecule has 1 aromatic heterocycles. The number of aryl methyl sites for hydroxylation is 1.